The fourth-order valence-electron chi connectivity index (χ4n) is 4.31. The first-order valence-electron chi connectivity index (χ1n) is 9.87. The van der Waals surface area contributed by atoms with Gasteiger partial charge in [0.25, 0.3) is 0 Å². The molecule has 1 N–H and O–H groups in total. The van der Waals surface area contributed by atoms with Crippen molar-refractivity contribution in [3.05, 3.63) is 77.3 Å². The molecule has 0 bridgehead atoms. The van der Waals surface area contributed by atoms with Crippen LogP contribution in [0.25, 0.3) is 10.9 Å². The Morgan fingerprint density at radius 1 is 1.18 bits per heavy atom. The zero-order valence-corrected chi connectivity index (χ0v) is 16.3. The Morgan fingerprint density at radius 2 is 2.07 bits per heavy atom. The summed E-state index contributed by atoms with van der Waals surface area (Å²) in [4.78, 5) is 15.1. The van der Waals surface area contributed by atoms with E-state index in [4.69, 9.17) is 10.1 Å². The fourth-order valence-corrected chi connectivity index (χ4v) is 4.31. The molecular weight excluding hydrogens is 348 g/mol. The van der Waals surface area contributed by atoms with E-state index in [0.717, 1.165) is 43.0 Å². The first kappa shape index (κ1) is 17.1. The second-order valence-corrected chi connectivity index (χ2v) is 7.40. The molecular formula is C22H24N6. The van der Waals surface area contributed by atoms with E-state index >= 15 is 0 Å². The lowest BCUT2D eigenvalue weighted by Crippen LogP contribution is -2.36. The number of hydrogen-bond acceptors (Lipinski definition) is 4. The number of aromatic amines is 1. The summed E-state index contributed by atoms with van der Waals surface area (Å²) in [7, 11) is 0. The zero-order chi connectivity index (χ0) is 19.1. The van der Waals surface area contributed by atoms with Gasteiger partial charge in [0.05, 0.1) is 29.3 Å². The summed E-state index contributed by atoms with van der Waals surface area (Å²) in [6, 6.07) is 10.6. The summed E-state index contributed by atoms with van der Waals surface area (Å²) in [5.74, 6) is 0. The van der Waals surface area contributed by atoms with Crippen LogP contribution in [0.2, 0.25) is 0 Å². The molecule has 1 aliphatic rings. The lowest BCUT2D eigenvalue weighted by atomic mass is 9.95. The monoisotopic (exact) mass is 372 g/mol. The van der Waals surface area contributed by atoms with Crippen LogP contribution in [-0.4, -0.2) is 36.2 Å². The van der Waals surface area contributed by atoms with Crippen LogP contribution in [0, 0.1) is 6.92 Å². The second-order valence-electron chi connectivity index (χ2n) is 7.40. The SMILES string of the molecule is CCn1cc(C2c3nc[nH]c3CCN2Cc2ccnc3ccccc23)c(C)n1. The molecule has 1 aromatic carbocycles. The van der Waals surface area contributed by atoms with Crippen molar-refractivity contribution in [2.45, 2.75) is 39.4 Å². The Kier molecular flexibility index (Phi) is 4.20. The molecule has 0 fully saturated rings. The van der Waals surface area contributed by atoms with Crippen LogP contribution < -0.4 is 0 Å². The maximum Gasteiger partial charge on any atom is 0.0926 e. The highest BCUT2D eigenvalue weighted by atomic mass is 15.3. The van der Waals surface area contributed by atoms with E-state index in [9.17, 15) is 0 Å². The van der Waals surface area contributed by atoms with E-state index in [1.54, 1.807) is 0 Å². The number of nitrogens with zero attached hydrogens (tertiary/aromatic N) is 5. The predicted molar refractivity (Wildman–Crippen MR) is 109 cm³/mol. The number of para-hydroxylation sites is 1. The van der Waals surface area contributed by atoms with Crippen molar-refractivity contribution in [2.75, 3.05) is 6.54 Å². The van der Waals surface area contributed by atoms with Crippen LogP contribution in [0.15, 0.2) is 49.1 Å². The smallest absolute Gasteiger partial charge is 0.0926 e. The highest BCUT2D eigenvalue weighted by Crippen LogP contribution is 2.36. The van der Waals surface area contributed by atoms with Gasteiger partial charge in [0.15, 0.2) is 0 Å². The van der Waals surface area contributed by atoms with Gasteiger partial charge in [-0.3, -0.25) is 14.6 Å². The number of benzene rings is 1. The first-order chi connectivity index (χ1) is 13.7. The van der Waals surface area contributed by atoms with Crippen LogP contribution in [-0.2, 0) is 19.5 Å². The molecule has 1 aliphatic heterocycles. The number of aryl methyl sites for hydroxylation is 2. The average Bonchev–Trinajstić information content (AvgIpc) is 3.34. The Hall–Kier alpha value is -2.99. The number of H-pyrrole nitrogens is 1. The molecule has 6 nitrogen and oxygen atoms in total. The summed E-state index contributed by atoms with van der Waals surface area (Å²) in [6.07, 6.45) is 6.90. The van der Waals surface area contributed by atoms with E-state index in [-0.39, 0.29) is 6.04 Å². The molecule has 1 unspecified atom stereocenters. The molecule has 0 saturated heterocycles. The maximum atomic E-state index is 4.70. The van der Waals surface area contributed by atoms with Gasteiger partial charge in [-0.15, -0.1) is 0 Å². The molecule has 28 heavy (non-hydrogen) atoms. The molecule has 0 saturated carbocycles. The Balaban J connectivity index is 1.58. The number of nitrogens with one attached hydrogen (secondary N) is 1. The molecule has 0 aliphatic carbocycles. The van der Waals surface area contributed by atoms with Gasteiger partial charge in [0, 0.05) is 55.1 Å². The normalized spacial score (nSPS) is 17.1. The molecule has 5 rings (SSSR count). The van der Waals surface area contributed by atoms with Crippen LogP contribution in [0.4, 0.5) is 0 Å². The van der Waals surface area contributed by atoms with E-state index in [2.05, 4.69) is 59.2 Å². The number of hydrogen-bond donors (Lipinski definition) is 1. The Bertz CT molecular complexity index is 1120. The van der Waals surface area contributed by atoms with Crippen LogP contribution in [0.1, 0.15) is 41.2 Å². The minimum absolute atomic E-state index is 0.113. The summed E-state index contributed by atoms with van der Waals surface area (Å²) < 4.78 is 2.02. The Labute approximate surface area is 164 Å². The predicted octanol–water partition coefficient (Wildman–Crippen LogP) is 3.63. The van der Waals surface area contributed by atoms with Crippen molar-refractivity contribution in [3.63, 3.8) is 0 Å². The molecule has 1 atom stereocenters. The van der Waals surface area contributed by atoms with Crippen LogP contribution in [0.5, 0.6) is 0 Å². The van der Waals surface area contributed by atoms with Crippen LogP contribution in [0.3, 0.4) is 0 Å². The number of fused-ring (bicyclic) bond motifs is 2. The first-order valence-corrected chi connectivity index (χ1v) is 9.87. The molecule has 0 amide bonds. The van der Waals surface area contributed by atoms with Gasteiger partial charge in [-0.05, 0) is 31.5 Å². The van der Waals surface area contributed by atoms with Gasteiger partial charge in [-0.1, -0.05) is 18.2 Å². The molecule has 3 aromatic heterocycles. The zero-order valence-electron chi connectivity index (χ0n) is 16.3. The number of pyridine rings is 1. The molecule has 142 valence electrons. The summed E-state index contributed by atoms with van der Waals surface area (Å²) in [6.45, 7) is 6.93. The molecule has 4 aromatic rings. The third-order valence-electron chi connectivity index (χ3n) is 5.74. The quantitative estimate of drug-likeness (QED) is 0.594. The highest BCUT2D eigenvalue weighted by molar-refractivity contribution is 5.81. The third kappa shape index (κ3) is 2.81. The molecule has 0 spiro atoms. The van der Waals surface area contributed by atoms with Gasteiger partial charge < -0.3 is 4.98 Å². The van der Waals surface area contributed by atoms with Crippen molar-refractivity contribution in [1.29, 1.82) is 0 Å². The van der Waals surface area contributed by atoms with Crippen molar-refractivity contribution in [2.24, 2.45) is 0 Å². The number of rotatable bonds is 4. The highest BCUT2D eigenvalue weighted by Gasteiger charge is 2.33. The van der Waals surface area contributed by atoms with E-state index in [1.165, 1.54) is 22.2 Å². The van der Waals surface area contributed by atoms with Crippen molar-refractivity contribution in [1.82, 2.24) is 29.6 Å². The summed E-state index contributed by atoms with van der Waals surface area (Å²) >= 11 is 0. The minimum Gasteiger partial charge on any atom is -0.348 e. The molecule has 6 heteroatoms. The summed E-state index contributed by atoms with van der Waals surface area (Å²) in [5, 5.41) is 5.92. The fraction of sp³-hybridized carbons (Fsp3) is 0.318. The molecule has 4 heterocycles. The lowest BCUT2D eigenvalue weighted by Gasteiger charge is -2.35. The van der Waals surface area contributed by atoms with Gasteiger partial charge in [0.2, 0.25) is 0 Å². The van der Waals surface area contributed by atoms with E-state index < -0.39 is 0 Å². The van der Waals surface area contributed by atoms with Gasteiger partial charge in [-0.2, -0.15) is 5.10 Å². The number of aromatic nitrogens is 5. The Morgan fingerprint density at radius 3 is 2.93 bits per heavy atom. The maximum absolute atomic E-state index is 4.70. The third-order valence-corrected chi connectivity index (χ3v) is 5.74. The van der Waals surface area contributed by atoms with E-state index in [1.807, 2.05) is 23.3 Å². The lowest BCUT2D eigenvalue weighted by molar-refractivity contribution is 0.200. The van der Waals surface area contributed by atoms with Crippen molar-refractivity contribution in [3.8, 4) is 0 Å². The number of imidazole rings is 1. The topological polar surface area (TPSA) is 62.6 Å². The molecule has 0 radical (unpaired) electrons. The van der Waals surface area contributed by atoms with Crippen molar-refractivity contribution < 1.29 is 0 Å². The van der Waals surface area contributed by atoms with E-state index in [0.29, 0.717) is 0 Å². The standard InChI is InChI=1S/C22H24N6/c1-3-28-13-18(15(2)26-28)22-21-20(24-14-25-21)9-11-27(22)12-16-8-10-23-19-7-5-4-6-17(16)19/h4-8,10,13-14,22H,3,9,11-12H2,1-2H3,(H,24,25). The average molecular weight is 372 g/mol. The largest absolute Gasteiger partial charge is 0.348 e. The summed E-state index contributed by atoms with van der Waals surface area (Å²) in [5.41, 5.74) is 7.03. The van der Waals surface area contributed by atoms with Gasteiger partial charge in [-0.25, -0.2) is 4.98 Å². The second kappa shape index (κ2) is 6.87. The van der Waals surface area contributed by atoms with Gasteiger partial charge >= 0.3 is 0 Å². The van der Waals surface area contributed by atoms with Gasteiger partial charge in [0.1, 0.15) is 0 Å². The minimum atomic E-state index is 0.113. The van der Waals surface area contributed by atoms with Crippen LogP contribution >= 0.6 is 0 Å². The van der Waals surface area contributed by atoms with Crippen molar-refractivity contribution >= 4 is 10.9 Å².